The summed E-state index contributed by atoms with van der Waals surface area (Å²) >= 11 is 0. The molecule has 1 aromatic carbocycles. The molecule has 0 saturated carbocycles. The van der Waals surface area contributed by atoms with Crippen molar-refractivity contribution in [1.82, 2.24) is 0 Å². The van der Waals surface area contributed by atoms with Crippen molar-refractivity contribution in [3.63, 3.8) is 0 Å². The maximum absolute atomic E-state index is 5.58. The lowest BCUT2D eigenvalue weighted by atomic mass is 10.2. The Hall–Kier alpha value is -0.980. The molecule has 1 aromatic rings. The second kappa shape index (κ2) is 4.90. The van der Waals surface area contributed by atoms with E-state index in [1.807, 2.05) is 12.1 Å². The molecule has 0 unspecified atom stereocenters. The van der Waals surface area contributed by atoms with Crippen LogP contribution in [0.15, 0.2) is 18.2 Å². The van der Waals surface area contributed by atoms with Crippen molar-refractivity contribution < 1.29 is 4.74 Å². The SMILES string of the molecule is CCc1c[c]cc(OCC(C)C)c1. The largest absolute Gasteiger partial charge is 0.493 e. The van der Waals surface area contributed by atoms with Crippen LogP contribution in [0, 0.1) is 12.0 Å². The first kappa shape index (κ1) is 10.1. The van der Waals surface area contributed by atoms with Gasteiger partial charge >= 0.3 is 0 Å². The minimum atomic E-state index is 0.574. The van der Waals surface area contributed by atoms with Gasteiger partial charge in [0, 0.05) is 0 Å². The summed E-state index contributed by atoms with van der Waals surface area (Å²) in [5.74, 6) is 1.51. The van der Waals surface area contributed by atoms with Gasteiger partial charge in [-0.2, -0.15) is 0 Å². The van der Waals surface area contributed by atoms with Crippen LogP contribution < -0.4 is 4.74 Å². The summed E-state index contributed by atoms with van der Waals surface area (Å²) in [7, 11) is 0. The van der Waals surface area contributed by atoms with E-state index in [1.54, 1.807) is 0 Å². The zero-order chi connectivity index (χ0) is 9.68. The maximum atomic E-state index is 5.58. The summed E-state index contributed by atoms with van der Waals surface area (Å²) in [4.78, 5) is 0. The smallest absolute Gasteiger partial charge is 0.120 e. The molecule has 0 aliphatic rings. The van der Waals surface area contributed by atoms with E-state index >= 15 is 0 Å². The monoisotopic (exact) mass is 177 g/mol. The van der Waals surface area contributed by atoms with Gasteiger partial charge in [-0.25, -0.2) is 0 Å². The van der Waals surface area contributed by atoms with E-state index in [9.17, 15) is 0 Å². The van der Waals surface area contributed by atoms with E-state index in [2.05, 4.69) is 32.9 Å². The fraction of sp³-hybridized carbons (Fsp3) is 0.500. The Bertz CT molecular complexity index is 253. The van der Waals surface area contributed by atoms with E-state index in [1.165, 1.54) is 5.56 Å². The minimum absolute atomic E-state index is 0.574. The summed E-state index contributed by atoms with van der Waals surface area (Å²) in [6.45, 7) is 7.21. The highest BCUT2D eigenvalue weighted by atomic mass is 16.5. The van der Waals surface area contributed by atoms with Gasteiger partial charge in [0.25, 0.3) is 0 Å². The second-order valence-corrected chi connectivity index (χ2v) is 3.64. The Labute approximate surface area is 80.7 Å². The molecular formula is C12H17O. The fourth-order valence-electron chi connectivity index (χ4n) is 1.05. The molecule has 1 nitrogen and oxygen atoms in total. The van der Waals surface area contributed by atoms with Crippen LogP contribution in [0.5, 0.6) is 5.75 Å². The van der Waals surface area contributed by atoms with Crippen molar-refractivity contribution in [1.29, 1.82) is 0 Å². The van der Waals surface area contributed by atoms with E-state index in [4.69, 9.17) is 4.74 Å². The van der Waals surface area contributed by atoms with Crippen molar-refractivity contribution >= 4 is 0 Å². The third kappa shape index (κ3) is 3.49. The topological polar surface area (TPSA) is 9.23 Å². The Morgan fingerprint density at radius 2 is 2.15 bits per heavy atom. The number of rotatable bonds is 4. The highest BCUT2D eigenvalue weighted by Gasteiger charge is 1.97. The maximum Gasteiger partial charge on any atom is 0.120 e. The molecule has 1 radical (unpaired) electrons. The predicted molar refractivity (Wildman–Crippen MR) is 55.0 cm³/mol. The summed E-state index contributed by atoms with van der Waals surface area (Å²) < 4.78 is 5.58. The van der Waals surface area contributed by atoms with Gasteiger partial charge in [0.1, 0.15) is 5.75 Å². The number of hydrogen-bond acceptors (Lipinski definition) is 1. The molecule has 0 aliphatic carbocycles. The standard InChI is InChI=1S/C12H17O/c1-4-11-6-5-7-12(8-11)13-9-10(2)3/h6-8,10H,4,9H2,1-3H3. The molecule has 0 heterocycles. The van der Waals surface area contributed by atoms with E-state index in [-0.39, 0.29) is 0 Å². The number of hydrogen-bond donors (Lipinski definition) is 0. The molecule has 0 aromatic heterocycles. The summed E-state index contributed by atoms with van der Waals surface area (Å²) in [5.41, 5.74) is 1.28. The van der Waals surface area contributed by atoms with Gasteiger partial charge < -0.3 is 4.74 Å². The van der Waals surface area contributed by atoms with Crippen molar-refractivity contribution in [3.05, 3.63) is 29.8 Å². The van der Waals surface area contributed by atoms with Crippen LogP contribution >= 0.6 is 0 Å². The van der Waals surface area contributed by atoms with Crippen LogP contribution in [-0.4, -0.2) is 6.61 Å². The van der Waals surface area contributed by atoms with Crippen molar-refractivity contribution in [2.45, 2.75) is 27.2 Å². The molecule has 71 valence electrons. The average molecular weight is 177 g/mol. The highest BCUT2D eigenvalue weighted by molar-refractivity contribution is 5.27. The molecule has 0 aliphatic heterocycles. The van der Waals surface area contributed by atoms with Gasteiger partial charge in [0.2, 0.25) is 0 Å². The molecule has 0 atom stereocenters. The van der Waals surface area contributed by atoms with Gasteiger partial charge in [0.05, 0.1) is 6.61 Å². The molecule has 0 N–H and O–H groups in total. The van der Waals surface area contributed by atoms with Crippen molar-refractivity contribution in [3.8, 4) is 5.75 Å². The average Bonchev–Trinajstić information content (AvgIpc) is 2.15. The van der Waals surface area contributed by atoms with Gasteiger partial charge in [-0.05, 0) is 36.1 Å². The van der Waals surface area contributed by atoms with E-state index in [0.717, 1.165) is 18.8 Å². The van der Waals surface area contributed by atoms with Crippen molar-refractivity contribution in [2.75, 3.05) is 6.61 Å². The Morgan fingerprint density at radius 1 is 1.38 bits per heavy atom. The molecule has 0 amide bonds. The third-order valence-electron chi connectivity index (χ3n) is 1.81. The minimum Gasteiger partial charge on any atom is -0.493 e. The van der Waals surface area contributed by atoms with E-state index < -0.39 is 0 Å². The number of aryl methyl sites for hydroxylation is 1. The molecule has 0 bridgehead atoms. The summed E-state index contributed by atoms with van der Waals surface area (Å²) in [5, 5.41) is 0. The van der Waals surface area contributed by atoms with Crippen LogP contribution in [0.3, 0.4) is 0 Å². The van der Waals surface area contributed by atoms with Crippen LogP contribution in [0.25, 0.3) is 0 Å². The molecule has 0 spiro atoms. The molecule has 1 rings (SSSR count). The Kier molecular flexibility index (Phi) is 3.81. The normalized spacial score (nSPS) is 10.5. The lowest BCUT2D eigenvalue weighted by molar-refractivity contribution is 0.271. The number of ether oxygens (including phenoxy) is 1. The lowest BCUT2D eigenvalue weighted by Crippen LogP contribution is -2.04. The van der Waals surface area contributed by atoms with Gasteiger partial charge in [-0.15, -0.1) is 0 Å². The third-order valence-corrected chi connectivity index (χ3v) is 1.81. The molecule has 13 heavy (non-hydrogen) atoms. The Balaban J connectivity index is 2.56. The molecule has 0 saturated heterocycles. The van der Waals surface area contributed by atoms with Crippen molar-refractivity contribution in [2.24, 2.45) is 5.92 Å². The Morgan fingerprint density at radius 3 is 2.77 bits per heavy atom. The molecular weight excluding hydrogens is 160 g/mol. The van der Waals surface area contributed by atoms with Gasteiger partial charge in [-0.1, -0.05) is 26.8 Å². The predicted octanol–water partition coefficient (Wildman–Crippen LogP) is 3.08. The lowest BCUT2D eigenvalue weighted by Gasteiger charge is -2.08. The highest BCUT2D eigenvalue weighted by Crippen LogP contribution is 2.13. The number of benzene rings is 1. The molecule has 0 fully saturated rings. The second-order valence-electron chi connectivity index (χ2n) is 3.64. The quantitative estimate of drug-likeness (QED) is 0.686. The summed E-state index contributed by atoms with van der Waals surface area (Å²) in [6, 6.07) is 9.05. The van der Waals surface area contributed by atoms with E-state index in [0.29, 0.717) is 5.92 Å². The van der Waals surface area contributed by atoms with Crippen LogP contribution in [-0.2, 0) is 6.42 Å². The van der Waals surface area contributed by atoms with Crippen LogP contribution in [0.2, 0.25) is 0 Å². The first-order valence-electron chi connectivity index (χ1n) is 4.85. The van der Waals surface area contributed by atoms with Crippen LogP contribution in [0.1, 0.15) is 26.3 Å². The zero-order valence-corrected chi connectivity index (χ0v) is 8.63. The van der Waals surface area contributed by atoms with Crippen LogP contribution in [0.4, 0.5) is 0 Å². The zero-order valence-electron chi connectivity index (χ0n) is 8.63. The first-order chi connectivity index (χ1) is 6.22. The van der Waals surface area contributed by atoms with Gasteiger partial charge in [0.15, 0.2) is 0 Å². The van der Waals surface area contributed by atoms with Gasteiger partial charge in [-0.3, -0.25) is 0 Å². The molecule has 1 heteroatoms. The fourth-order valence-corrected chi connectivity index (χ4v) is 1.05. The first-order valence-corrected chi connectivity index (χ1v) is 4.85. The summed E-state index contributed by atoms with van der Waals surface area (Å²) in [6.07, 6.45) is 1.04.